The molecule has 0 aromatic heterocycles. The third-order valence-corrected chi connectivity index (χ3v) is 2.39. The largest absolute Gasteiger partial charge is 0.431 e. The van der Waals surface area contributed by atoms with Gasteiger partial charge < -0.3 is 4.74 Å². The van der Waals surface area contributed by atoms with Crippen LogP contribution in [0.3, 0.4) is 0 Å². The third-order valence-electron chi connectivity index (χ3n) is 1.79. The van der Waals surface area contributed by atoms with E-state index < -0.39 is 21.8 Å². The normalized spacial score (nSPS) is 17.4. The van der Waals surface area contributed by atoms with Gasteiger partial charge in [0.2, 0.25) is 0 Å². The second kappa shape index (κ2) is 4.56. The average Bonchev–Trinajstić information content (AvgIpc) is 2.02. The zero-order chi connectivity index (χ0) is 10.6. The molecular weight excluding hydrogens is 208 g/mol. The Labute approximate surface area is 82.5 Å². The zero-order valence-corrected chi connectivity index (χ0v) is 8.42. The van der Waals surface area contributed by atoms with Gasteiger partial charge in [-0.25, -0.2) is 0 Å². The highest BCUT2D eigenvalue weighted by atomic mass is 32.2. The van der Waals surface area contributed by atoms with Crippen LogP contribution < -0.4 is 0 Å². The molecule has 0 radical (unpaired) electrons. The molecule has 1 aliphatic rings. The fourth-order valence-corrected chi connectivity index (χ4v) is 1.58. The molecular formula is C8H12O5S. The van der Waals surface area contributed by atoms with Crippen molar-refractivity contribution < 1.29 is 22.5 Å². The maximum Gasteiger partial charge on any atom is 0.328 e. The molecule has 0 aromatic rings. The smallest absolute Gasteiger partial charge is 0.328 e. The molecule has 0 spiro atoms. The van der Waals surface area contributed by atoms with Gasteiger partial charge in [0.25, 0.3) is 10.1 Å². The summed E-state index contributed by atoms with van der Waals surface area (Å²) >= 11 is 0. The van der Waals surface area contributed by atoms with Gasteiger partial charge in [0.15, 0.2) is 5.75 Å². The average molecular weight is 220 g/mol. The molecule has 1 N–H and O–H groups in total. The number of carbonyl (C=O) groups is 1. The fourth-order valence-electron chi connectivity index (χ4n) is 1.23. The summed E-state index contributed by atoms with van der Waals surface area (Å²) in [5.41, 5.74) is 0. The molecule has 6 heteroatoms. The number of hydrogen-bond donors (Lipinski definition) is 1. The summed E-state index contributed by atoms with van der Waals surface area (Å²) in [6.07, 6.45) is 5.25. The molecule has 14 heavy (non-hydrogen) atoms. The van der Waals surface area contributed by atoms with Crippen LogP contribution in [0, 0.1) is 0 Å². The van der Waals surface area contributed by atoms with E-state index in [4.69, 9.17) is 9.29 Å². The van der Waals surface area contributed by atoms with E-state index in [1.807, 2.05) is 0 Å². The van der Waals surface area contributed by atoms with Crippen molar-refractivity contribution in [3.8, 4) is 0 Å². The molecule has 5 nitrogen and oxygen atoms in total. The van der Waals surface area contributed by atoms with Gasteiger partial charge in [0.05, 0.1) is 0 Å². The highest BCUT2D eigenvalue weighted by Gasteiger charge is 2.16. The van der Waals surface area contributed by atoms with Gasteiger partial charge in [-0.2, -0.15) is 8.42 Å². The Morgan fingerprint density at radius 1 is 1.50 bits per heavy atom. The first-order chi connectivity index (χ1) is 6.47. The van der Waals surface area contributed by atoms with Gasteiger partial charge in [0, 0.05) is 6.42 Å². The minimum atomic E-state index is -4.28. The van der Waals surface area contributed by atoms with E-state index >= 15 is 0 Å². The second-order valence-electron chi connectivity index (χ2n) is 3.12. The summed E-state index contributed by atoms with van der Waals surface area (Å²) in [6.45, 7) is 0. The van der Waals surface area contributed by atoms with Crippen molar-refractivity contribution in [1.82, 2.24) is 0 Å². The van der Waals surface area contributed by atoms with Crippen LogP contribution in [0.15, 0.2) is 11.8 Å². The Balaban J connectivity index is 2.44. The predicted octanol–water partition coefficient (Wildman–Crippen LogP) is 0.875. The van der Waals surface area contributed by atoms with E-state index in [-0.39, 0.29) is 0 Å². The Bertz CT molecular complexity index is 341. The molecule has 0 fully saturated rings. The van der Waals surface area contributed by atoms with E-state index in [0.717, 1.165) is 19.3 Å². The van der Waals surface area contributed by atoms with Crippen molar-refractivity contribution in [3.63, 3.8) is 0 Å². The van der Waals surface area contributed by atoms with Crippen molar-refractivity contribution >= 4 is 16.1 Å². The lowest BCUT2D eigenvalue weighted by Gasteiger charge is -2.11. The Hall–Kier alpha value is -0.880. The maximum atomic E-state index is 10.9. The molecule has 0 saturated carbocycles. The van der Waals surface area contributed by atoms with E-state index in [9.17, 15) is 13.2 Å². The summed E-state index contributed by atoms with van der Waals surface area (Å²) in [4.78, 5) is 10.9. The van der Waals surface area contributed by atoms with Gasteiger partial charge in [0.1, 0.15) is 5.76 Å². The van der Waals surface area contributed by atoms with Crippen molar-refractivity contribution in [2.75, 3.05) is 5.75 Å². The summed E-state index contributed by atoms with van der Waals surface area (Å²) in [6, 6.07) is 0. The van der Waals surface area contributed by atoms with E-state index in [1.165, 1.54) is 0 Å². The first kappa shape index (κ1) is 11.2. The molecule has 1 rings (SSSR count). The highest BCUT2D eigenvalue weighted by molar-refractivity contribution is 7.86. The molecule has 0 atom stereocenters. The summed E-state index contributed by atoms with van der Waals surface area (Å²) in [5.74, 6) is -1.41. The molecule has 0 aliphatic heterocycles. The summed E-state index contributed by atoms with van der Waals surface area (Å²) in [7, 11) is -4.28. The molecule has 0 unspecified atom stereocenters. The highest BCUT2D eigenvalue weighted by Crippen LogP contribution is 2.18. The number of allylic oxidation sites excluding steroid dienone is 2. The van der Waals surface area contributed by atoms with Crippen LogP contribution in [-0.2, 0) is 19.6 Å². The SMILES string of the molecule is O=C(CS(=O)(=O)O)OC1=CCCCC1. The minimum Gasteiger partial charge on any atom is -0.431 e. The topological polar surface area (TPSA) is 80.7 Å². The first-order valence-electron chi connectivity index (χ1n) is 4.32. The Kier molecular flexibility index (Phi) is 3.65. The minimum absolute atomic E-state index is 0.505. The quantitative estimate of drug-likeness (QED) is 0.564. The fraction of sp³-hybridized carbons (Fsp3) is 0.625. The van der Waals surface area contributed by atoms with Crippen LogP contribution in [0.4, 0.5) is 0 Å². The number of esters is 1. The molecule has 0 amide bonds. The number of carbonyl (C=O) groups excluding carboxylic acids is 1. The van der Waals surface area contributed by atoms with Crippen molar-refractivity contribution in [3.05, 3.63) is 11.8 Å². The van der Waals surface area contributed by atoms with Gasteiger partial charge >= 0.3 is 5.97 Å². The van der Waals surface area contributed by atoms with Crippen LogP contribution >= 0.6 is 0 Å². The van der Waals surface area contributed by atoms with Crippen molar-refractivity contribution in [1.29, 1.82) is 0 Å². The van der Waals surface area contributed by atoms with Gasteiger partial charge in [-0.05, 0) is 25.3 Å². The monoisotopic (exact) mass is 220 g/mol. The Morgan fingerprint density at radius 3 is 2.71 bits per heavy atom. The van der Waals surface area contributed by atoms with Gasteiger partial charge in [-0.15, -0.1) is 0 Å². The lowest BCUT2D eigenvalue weighted by Crippen LogP contribution is -2.18. The zero-order valence-electron chi connectivity index (χ0n) is 7.60. The van der Waals surface area contributed by atoms with Crippen LogP contribution in [0.1, 0.15) is 25.7 Å². The van der Waals surface area contributed by atoms with Crippen LogP contribution in [0.2, 0.25) is 0 Å². The summed E-state index contributed by atoms with van der Waals surface area (Å²) in [5, 5.41) is 0. The van der Waals surface area contributed by atoms with Gasteiger partial charge in [-0.3, -0.25) is 9.35 Å². The molecule has 0 heterocycles. The third kappa shape index (κ3) is 4.38. The maximum absolute atomic E-state index is 10.9. The Morgan fingerprint density at radius 2 is 2.21 bits per heavy atom. The molecule has 0 aromatic carbocycles. The standard InChI is InChI=1S/C8H12O5S/c9-8(6-14(10,11)12)13-7-4-2-1-3-5-7/h4H,1-3,5-6H2,(H,10,11,12). The van der Waals surface area contributed by atoms with Crippen molar-refractivity contribution in [2.45, 2.75) is 25.7 Å². The second-order valence-corrected chi connectivity index (χ2v) is 4.57. The lowest BCUT2D eigenvalue weighted by atomic mass is 10.1. The number of rotatable bonds is 3. The number of ether oxygens (including phenoxy) is 1. The summed E-state index contributed by atoms with van der Waals surface area (Å²) < 4.78 is 33.8. The van der Waals surface area contributed by atoms with Crippen LogP contribution in [-0.4, -0.2) is 24.7 Å². The molecule has 0 saturated heterocycles. The van der Waals surface area contributed by atoms with E-state index in [2.05, 4.69) is 0 Å². The molecule has 0 bridgehead atoms. The molecule has 80 valence electrons. The van der Waals surface area contributed by atoms with Gasteiger partial charge in [-0.1, -0.05) is 0 Å². The first-order valence-corrected chi connectivity index (χ1v) is 5.93. The molecule has 1 aliphatic carbocycles. The van der Waals surface area contributed by atoms with Crippen LogP contribution in [0.25, 0.3) is 0 Å². The van der Waals surface area contributed by atoms with E-state index in [1.54, 1.807) is 6.08 Å². The van der Waals surface area contributed by atoms with Crippen molar-refractivity contribution in [2.24, 2.45) is 0 Å². The predicted molar refractivity (Wildman–Crippen MR) is 49.1 cm³/mol. The van der Waals surface area contributed by atoms with Crippen LogP contribution in [0.5, 0.6) is 0 Å². The van der Waals surface area contributed by atoms with E-state index in [0.29, 0.717) is 12.2 Å². The lowest BCUT2D eigenvalue weighted by molar-refractivity contribution is -0.136. The number of hydrogen-bond acceptors (Lipinski definition) is 4.